The third-order valence-electron chi connectivity index (χ3n) is 4.62. The molecule has 7 heteroatoms. The van der Waals surface area contributed by atoms with E-state index in [0.29, 0.717) is 17.0 Å². The van der Waals surface area contributed by atoms with Crippen LogP contribution in [0.15, 0.2) is 36.7 Å². The molecular weight excluding hydrogens is 356 g/mol. The van der Waals surface area contributed by atoms with Crippen molar-refractivity contribution >= 4 is 29.0 Å². The number of ether oxygens (including phenoxy) is 1. The molecule has 0 aliphatic heterocycles. The van der Waals surface area contributed by atoms with Crippen molar-refractivity contribution < 1.29 is 14.6 Å². The first-order valence-corrected chi connectivity index (χ1v) is 9.10. The minimum Gasteiger partial charge on any atom is -0.495 e. The first-order chi connectivity index (χ1) is 13.5. The van der Waals surface area contributed by atoms with Crippen molar-refractivity contribution in [2.45, 2.75) is 19.9 Å². The van der Waals surface area contributed by atoms with Gasteiger partial charge in [-0.2, -0.15) is 5.10 Å². The molecule has 0 spiro atoms. The summed E-state index contributed by atoms with van der Waals surface area (Å²) in [7, 11) is 1.53. The molecule has 28 heavy (non-hydrogen) atoms. The molecule has 1 atom stereocenters. The van der Waals surface area contributed by atoms with Gasteiger partial charge in [0, 0.05) is 12.4 Å². The monoisotopic (exact) mass is 380 g/mol. The van der Waals surface area contributed by atoms with Gasteiger partial charge in [0.25, 0.3) is 5.91 Å². The Morgan fingerprint density at radius 2 is 2.00 bits per heavy atom. The van der Waals surface area contributed by atoms with Crippen molar-refractivity contribution in [1.29, 1.82) is 0 Å². The fourth-order valence-electron chi connectivity index (χ4n) is 2.94. The molecule has 0 saturated carbocycles. The lowest BCUT2D eigenvalue weighted by Crippen LogP contribution is -2.41. The highest BCUT2D eigenvalue weighted by Gasteiger charge is 2.22. The number of carbonyl (C=O) groups is 1. The summed E-state index contributed by atoms with van der Waals surface area (Å²) >= 11 is 0. The van der Waals surface area contributed by atoms with E-state index in [-0.39, 0.29) is 24.5 Å². The molecule has 0 fully saturated rings. The summed E-state index contributed by atoms with van der Waals surface area (Å²) in [6.45, 7) is 3.76. The zero-order valence-electron chi connectivity index (χ0n) is 16.1. The smallest absolute Gasteiger partial charge is 0.255 e. The first kappa shape index (κ1) is 19.6. The van der Waals surface area contributed by atoms with E-state index in [2.05, 4.69) is 20.5 Å². The molecule has 0 bridgehead atoms. The predicted octanol–water partition coefficient (Wildman–Crippen LogP) is 2.88. The fourth-order valence-corrected chi connectivity index (χ4v) is 2.94. The number of fused-ring (bicyclic) bond motifs is 1. The van der Waals surface area contributed by atoms with Gasteiger partial charge in [0.05, 0.1) is 41.9 Å². The molecule has 0 radical (unpaired) electrons. The summed E-state index contributed by atoms with van der Waals surface area (Å²) < 4.78 is 5.58. The van der Waals surface area contributed by atoms with Crippen molar-refractivity contribution in [3.05, 3.63) is 53.5 Å². The number of rotatable bonds is 7. The largest absolute Gasteiger partial charge is 0.495 e. The zero-order chi connectivity index (χ0) is 20.1. The van der Waals surface area contributed by atoms with Crippen molar-refractivity contribution in [3.8, 4) is 5.75 Å². The Morgan fingerprint density at radius 1 is 1.25 bits per heavy atom. The molecule has 146 valence electrons. The SMILES string of the molecule is COc1c(C(=O)NC(CO)C(C)C)ccc2[nH]nc(C=Cc3ccncc3)c12. The van der Waals surface area contributed by atoms with Gasteiger partial charge in [0.2, 0.25) is 0 Å². The number of aromatic nitrogens is 3. The first-order valence-electron chi connectivity index (χ1n) is 9.10. The number of pyridine rings is 1. The maximum absolute atomic E-state index is 12.8. The fraction of sp³-hybridized carbons (Fsp3) is 0.286. The van der Waals surface area contributed by atoms with Gasteiger partial charge in [-0.25, -0.2) is 0 Å². The number of nitrogens with zero attached hydrogens (tertiary/aromatic N) is 2. The molecule has 1 amide bonds. The molecule has 1 aromatic carbocycles. The van der Waals surface area contributed by atoms with Gasteiger partial charge in [-0.1, -0.05) is 19.9 Å². The molecule has 2 heterocycles. The molecule has 0 aliphatic carbocycles. The van der Waals surface area contributed by atoms with Crippen molar-refractivity contribution in [2.24, 2.45) is 5.92 Å². The van der Waals surface area contributed by atoms with Crippen LogP contribution in [-0.4, -0.2) is 46.0 Å². The number of benzene rings is 1. The summed E-state index contributed by atoms with van der Waals surface area (Å²) in [5.74, 6) is 0.256. The van der Waals surface area contributed by atoms with E-state index in [0.717, 1.165) is 16.5 Å². The number of aliphatic hydroxyl groups excluding tert-OH is 1. The number of aromatic amines is 1. The Kier molecular flexibility index (Phi) is 6.06. The molecular formula is C21H24N4O3. The second kappa shape index (κ2) is 8.67. The van der Waals surface area contributed by atoms with E-state index in [1.807, 2.05) is 38.1 Å². The average molecular weight is 380 g/mol. The molecule has 2 aromatic heterocycles. The maximum Gasteiger partial charge on any atom is 0.255 e. The predicted molar refractivity (Wildman–Crippen MR) is 109 cm³/mol. The minimum atomic E-state index is -0.330. The number of amides is 1. The van der Waals surface area contributed by atoms with Crippen LogP contribution in [0.3, 0.4) is 0 Å². The second-order valence-corrected chi connectivity index (χ2v) is 6.80. The van der Waals surface area contributed by atoms with Crippen LogP contribution in [-0.2, 0) is 0 Å². The molecule has 3 aromatic rings. The highest BCUT2D eigenvalue weighted by molar-refractivity contribution is 6.05. The molecule has 7 nitrogen and oxygen atoms in total. The quantitative estimate of drug-likeness (QED) is 0.585. The number of nitrogens with one attached hydrogen (secondary N) is 2. The number of aliphatic hydroxyl groups is 1. The Morgan fingerprint density at radius 3 is 2.64 bits per heavy atom. The average Bonchev–Trinajstić information content (AvgIpc) is 3.13. The van der Waals surface area contributed by atoms with Crippen molar-refractivity contribution in [2.75, 3.05) is 13.7 Å². The van der Waals surface area contributed by atoms with Gasteiger partial charge in [0.15, 0.2) is 0 Å². The molecule has 1 unspecified atom stereocenters. The number of hydrogen-bond donors (Lipinski definition) is 3. The van der Waals surface area contributed by atoms with Crippen LogP contribution in [0.25, 0.3) is 23.1 Å². The van der Waals surface area contributed by atoms with E-state index in [1.54, 1.807) is 24.5 Å². The Bertz CT molecular complexity index is 980. The van der Waals surface area contributed by atoms with Crippen LogP contribution in [0.4, 0.5) is 0 Å². The molecule has 0 saturated heterocycles. The van der Waals surface area contributed by atoms with Gasteiger partial charge in [-0.3, -0.25) is 14.9 Å². The Hall–Kier alpha value is -3.19. The maximum atomic E-state index is 12.8. The lowest BCUT2D eigenvalue weighted by atomic mass is 10.0. The lowest BCUT2D eigenvalue weighted by molar-refractivity contribution is 0.0894. The van der Waals surface area contributed by atoms with Crippen molar-refractivity contribution in [3.63, 3.8) is 0 Å². The summed E-state index contributed by atoms with van der Waals surface area (Å²) in [6.07, 6.45) is 7.22. The standard InChI is InChI=1S/C21H24N4O3/c1-13(2)18(12-26)23-21(27)15-5-7-17-19(20(15)28-3)16(24-25-17)6-4-14-8-10-22-11-9-14/h4-11,13,18,26H,12H2,1-3H3,(H,23,27)(H,24,25). The number of H-pyrrole nitrogens is 1. The Labute approximate surface area is 163 Å². The van der Waals surface area contributed by atoms with Gasteiger partial charge < -0.3 is 15.2 Å². The van der Waals surface area contributed by atoms with Gasteiger partial charge >= 0.3 is 0 Å². The van der Waals surface area contributed by atoms with Gasteiger partial charge in [-0.05, 0) is 41.8 Å². The van der Waals surface area contributed by atoms with Crippen LogP contribution < -0.4 is 10.1 Å². The van der Waals surface area contributed by atoms with Crippen LogP contribution in [0.5, 0.6) is 5.75 Å². The Balaban J connectivity index is 1.99. The van der Waals surface area contributed by atoms with Crippen LogP contribution in [0.2, 0.25) is 0 Å². The van der Waals surface area contributed by atoms with Crippen LogP contribution in [0, 0.1) is 5.92 Å². The lowest BCUT2D eigenvalue weighted by Gasteiger charge is -2.20. The van der Waals surface area contributed by atoms with Gasteiger partial charge in [0.1, 0.15) is 5.75 Å². The number of carbonyl (C=O) groups excluding carboxylic acids is 1. The second-order valence-electron chi connectivity index (χ2n) is 6.80. The van der Waals surface area contributed by atoms with Crippen LogP contribution >= 0.6 is 0 Å². The highest BCUT2D eigenvalue weighted by atomic mass is 16.5. The summed E-state index contributed by atoms with van der Waals surface area (Å²) in [6, 6.07) is 6.94. The highest BCUT2D eigenvalue weighted by Crippen LogP contribution is 2.32. The van der Waals surface area contributed by atoms with Crippen LogP contribution in [0.1, 0.15) is 35.5 Å². The third-order valence-corrected chi connectivity index (χ3v) is 4.62. The van der Waals surface area contributed by atoms with E-state index in [1.165, 1.54) is 7.11 Å². The molecule has 3 rings (SSSR count). The van der Waals surface area contributed by atoms with E-state index >= 15 is 0 Å². The number of methoxy groups -OCH3 is 1. The summed E-state index contributed by atoms with van der Waals surface area (Å²) in [5, 5.41) is 20.4. The minimum absolute atomic E-state index is 0.108. The normalized spacial score (nSPS) is 12.6. The molecule has 3 N–H and O–H groups in total. The number of hydrogen-bond acceptors (Lipinski definition) is 5. The van der Waals surface area contributed by atoms with E-state index in [4.69, 9.17) is 4.74 Å². The third kappa shape index (κ3) is 4.04. The van der Waals surface area contributed by atoms with Crippen molar-refractivity contribution in [1.82, 2.24) is 20.5 Å². The zero-order valence-corrected chi connectivity index (χ0v) is 16.1. The molecule has 0 aliphatic rings. The summed E-state index contributed by atoms with van der Waals surface area (Å²) in [5.41, 5.74) is 2.82. The van der Waals surface area contributed by atoms with E-state index < -0.39 is 0 Å². The van der Waals surface area contributed by atoms with E-state index in [9.17, 15) is 9.90 Å². The topological polar surface area (TPSA) is 100 Å². The summed E-state index contributed by atoms with van der Waals surface area (Å²) in [4.78, 5) is 16.8. The van der Waals surface area contributed by atoms with Gasteiger partial charge in [-0.15, -0.1) is 0 Å².